The van der Waals surface area contributed by atoms with Crippen LogP contribution in [0.1, 0.15) is 56.1 Å². The monoisotopic (exact) mass is 285 g/mol. The number of nitrogen functional groups attached to an aromatic ring is 1. The highest BCUT2D eigenvalue weighted by molar-refractivity contribution is 5.96. The van der Waals surface area contributed by atoms with Crippen LogP contribution in [0.25, 0.3) is 0 Å². The lowest BCUT2D eigenvalue weighted by atomic mass is 9.68. The van der Waals surface area contributed by atoms with Gasteiger partial charge in [0.05, 0.1) is 0 Å². The fourth-order valence-electron chi connectivity index (χ4n) is 4.19. The van der Waals surface area contributed by atoms with E-state index < -0.39 is 0 Å². The predicted molar refractivity (Wildman–Crippen MR) is 89.2 cm³/mol. The highest BCUT2D eigenvalue weighted by Gasteiger charge is 2.35. The minimum Gasteiger partial charge on any atom is -0.384 e. The summed E-state index contributed by atoms with van der Waals surface area (Å²) in [7, 11) is 0. The summed E-state index contributed by atoms with van der Waals surface area (Å²) >= 11 is 0. The molecule has 1 aliphatic carbocycles. The van der Waals surface area contributed by atoms with Gasteiger partial charge in [-0.2, -0.15) is 0 Å². The maximum atomic E-state index is 7.58. The van der Waals surface area contributed by atoms with E-state index in [2.05, 4.69) is 17.0 Å². The molecule has 21 heavy (non-hydrogen) atoms. The number of hydrogen-bond donors (Lipinski definition) is 2. The van der Waals surface area contributed by atoms with Gasteiger partial charge in [0.1, 0.15) is 5.84 Å². The second-order valence-electron chi connectivity index (χ2n) is 6.96. The van der Waals surface area contributed by atoms with Crippen molar-refractivity contribution in [3.05, 3.63) is 29.3 Å². The largest absolute Gasteiger partial charge is 0.384 e. The zero-order chi connectivity index (χ0) is 14.9. The molecular formula is C18H27N3. The first-order valence-electron chi connectivity index (χ1n) is 8.30. The van der Waals surface area contributed by atoms with Crippen molar-refractivity contribution in [3.8, 4) is 0 Å². The molecule has 1 saturated carbocycles. The zero-order valence-corrected chi connectivity index (χ0v) is 13.1. The van der Waals surface area contributed by atoms with Gasteiger partial charge < -0.3 is 10.6 Å². The molecule has 2 fully saturated rings. The molecule has 1 heterocycles. The Balaban J connectivity index is 1.69. The fourth-order valence-corrected chi connectivity index (χ4v) is 4.19. The number of nitrogens with two attached hydrogens (primary N) is 1. The molecule has 0 radical (unpaired) electrons. The van der Waals surface area contributed by atoms with E-state index in [9.17, 15) is 0 Å². The van der Waals surface area contributed by atoms with Gasteiger partial charge in [-0.25, -0.2) is 0 Å². The van der Waals surface area contributed by atoms with Crippen LogP contribution in [0.15, 0.2) is 18.2 Å². The summed E-state index contributed by atoms with van der Waals surface area (Å²) in [5.74, 6) is 0.166. The standard InChI is InChI=1S/C18H27N3/c1-14-13-15(5-6-16(14)17(19)20)21-11-9-18(10-12-21)7-3-2-4-8-18/h5-6,13H,2-4,7-12H2,1H3,(H3,19,20). The van der Waals surface area contributed by atoms with Crippen molar-refractivity contribution in [2.24, 2.45) is 11.1 Å². The van der Waals surface area contributed by atoms with Crippen molar-refractivity contribution in [2.75, 3.05) is 18.0 Å². The highest BCUT2D eigenvalue weighted by Crippen LogP contribution is 2.45. The Morgan fingerprint density at radius 1 is 1.10 bits per heavy atom. The summed E-state index contributed by atoms with van der Waals surface area (Å²) in [4.78, 5) is 2.51. The lowest BCUT2D eigenvalue weighted by Gasteiger charge is -2.45. The van der Waals surface area contributed by atoms with Gasteiger partial charge in [-0.15, -0.1) is 0 Å². The molecule has 0 bridgehead atoms. The Morgan fingerprint density at radius 3 is 2.33 bits per heavy atom. The van der Waals surface area contributed by atoms with Crippen LogP contribution in [0.5, 0.6) is 0 Å². The third-order valence-electron chi connectivity index (χ3n) is 5.60. The summed E-state index contributed by atoms with van der Waals surface area (Å²) in [6.07, 6.45) is 9.91. The number of hydrogen-bond acceptors (Lipinski definition) is 2. The van der Waals surface area contributed by atoms with Crippen LogP contribution in [0.3, 0.4) is 0 Å². The molecule has 1 saturated heterocycles. The molecule has 0 unspecified atom stereocenters. The molecule has 3 rings (SSSR count). The molecule has 3 heteroatoms. The molecule has 1 spiro atoms. The minimum absolute atomic E-state index is 0.166. The quantitative estimate of drug-likeness (QED) is 0.641. The molecule has 2 aliphatic rings. The van der Waals surface area contributed by atoms with Crippen LogP contribution in [0, 0.1) is 17.7 Å². The summed E-state index contributed by atoms with van der Waals surface area (Å²) in [6.45, 7) is 4.41. The smallest absolute Gasteiger partial charge is 0.123 e. The van der Waals surface area contributed by atoms with Gasteiger partial charge in [0.25, 0.3) is 0 Å². The highest BCUT2D eigenvalue weighted by atomic mass is 15.1. The van der Waals surface area contributed by atoms with E-state index in [0.717, 1.165) is 11.1 Å². The van der Waals surface area contributed by atoms with E-state index in [1.807, 2.05) is 13.0 Å². The lowest BCUT2D eigenvalue weighted by molar-refractivity contribution is 0.144. The van der Waals surface area contributed by atoms with Crippen LogP contribution in [-0.4, -0.2) is 18.9 Å². The van der Waals surface area contributed by atoms with Gasteiger partial charge in [-0.3, -0.25) is 5.41 Å². The molecule has 0 amide bonds. The zero-order valence-electron chi connectivity index (χ0n) is 13.1. The second-order valence-corrected chi connectivity index (χ2v) is 6.96. The van der Waals surface area contributed by atoms with Crippen molar-refractivity contribution in [2.45, 2.75) is 51.9 Å². The van der Waals surface area contributed by atoms with E-state index >= 15 is 0 Å². The van der Waals surface area contributed by atoms with Crippen LogP contribution in [-0.2, 0) is 0 Å². The average molecular weight is 285 g/mol. The molecular weight excluding hydrogens is 258 g/mol. The Morgan fingerprint density at radius 2 is 1.76 bits per heavy atom. The summed E-state index contributed by atoms with van der Waals surface area (Å²) in [6, 6.07) is 6.32. The Kier molecular flexibility index (Phi) is 3.92. The molecule has 1 aliphatic heterocycles. The van der Waals surface area contributed by atoms with Gasteiger partial charge in [0.15, 0.2) is 0 Å². The second kappa shape index (κ2) is 5.70. The maximum Gasteiger partial charge on any atom is 0.123 e. The molecule has 3 N–H and O–H groups in total. The van der Waals surface area contributed by atoms with Gasteiger partial charge in [-0.05, 0) is 61.8 Å². The third kappa shape index (κ3) is 2.92. The van der Waals surface area contributed by atoms with Crippen molar-refractivity contribution >= 4 is 11.5 Å². The third-order valence-corrected chi connectivity index (χ3v) is 5.60. The molecule has 1 aromatic rings. The van der Waals surface area contributed by atoms with Gasteiger partial charge in [0, 0.05) is 24.3 Å². The lowest BCUT2D eigenvalue weighted by Crippen LogP contribution is -2.41. The van der Waals surface area contributed by atoms with Crippen molar-refractivity contribution in [3.63, 3.8) is 0 Å². The minimum atomic E-state index is 0.166. The van der Waals surface area contributed by atoms with Crippen LogP contribution < -0.4 is 10.6 Å². The van der Waals surface area contributed by atoms with Crippen LogP contribution >= 0.6 is 0 Å². The van der Waals surface area contributed by atoms with E-state index in [1.54, 1.807) is 0 Å². The number of aryl methyl sites for hydroxylation is 1. The number of rotatable bonds is 2. The van der Waals surface area contributed by atoms with Crippen molar-refractivity contribution < 1.29 is 0 Å². The van der Waals surface area contributed by atoms with Crippen LogP contribution in [0.2, 0.25) is 0 Å². The SMILES string of the molecule is Cc1cc(N2CCC3(CCCCC3)CC2)ccc1C(=N)N. The first-order chi connectivity index (χ1) is 10.1. The fraction of sp³-hybridized carbons (Fsp3) is 0.611. The topological polar surface area (TPSA) is 53.1 Å². The molecule has 1 aromatic carbocycles. The maximum absolute atomic E-state index is 7.58. The van der Waals surface area contributed by atoms with E-state index in [-0.39, 0.29) is 5.84 Å². The number of nitrogens with zero attached hydrogens (tertiary/aromatic N) is 1. The average Bonchev–Trinajstić information content (AvgIpc) is 2.48. The molecule has 114 valence electrons. The summed E-state index contributed by atoms with van der Waals surface area (Å²) < 4.78 is 0. The first-order valence-corrected chi connectivity index (χ1v) is 8.30. The van der Waals surface area contributed by atoms with E-state index in [1.165, 1.54) is 63.7 Å². The van der Waals surface area contributed by atoms with Crippen molar-refractivity contribution in [1.82, 2.24) is 0 Å². The number of amidine groups is 1. The summed E-state index contributed by atoms with van der Waals surface area (Å²) in [5.41, 5.74) is 9.53. The number of benzene rings is 1. The van der Waals surface area contributed by atoms with E-state index in [0.29, 0.717) is 5.41 Å². The Hall–Kier alpha value is -1.51. The van der Waals surface area contributed by atoms with Crippen molar-refractivity contribution in [1.29, 1.82) is 5.41 Å². The van der Waals surface area contributed by atoms with Gasteiger partial charge in [-0.1, -0.05) is 19.3 Å². The number of anilines is 1. The first kappa shape index (κ1) is 14.4. The van der Waals surface area contributed by atoms with Gasteiger partial charge >= 0.3 is 0 Å². The Bertz CT molecular complexity index is 519. The van der Waals surface area contributed by atoms with Crippen LogP contribution in [0.4, 0.5) is 5.69 Å². The Labute approximate surface area is 128 Å². The number of nitrogens with one attached hydrogen (secondary N) is 1. The molecule has 3 nitrogen and oxygen atoms in total. The summed E-state index contributed by atoms with van der Waals surface area (Å²) in [5, 5.41) is 7.58. The van der Waals surface area contributed by atoms with E-state index in [4.69, 9.17) is 11.1 Å². The molecule has 0 aromatic heterocycles. The predicted octanol–water partition coefficient (Wildman–Crippen LogP) is 3.83. The normalized spacial score (nSPS) is 21.5. The van der Waals surface area contributed by atoms with Gasteiger partial charge in [0.2, 0.25) is 0 Å². The number of piperidine rings is 1. The molecule has 0 atom stereocenters.